The van der Waals surface area contributed by atoms with Crippen molar-refractivity contribution in [2.45, 2.75) is 5.56 Å². The van der Waals surface area contributed by atoms with Crippen LogP contribution in [0.1, 0.15) is 0 Å². The van der Waals surface area contributed by atoms with E-state index in [4.69, 9.17) is 20.8 Å². The second-order valence-corrected chi connectivity index (χ2v) is 3.25. The molecule has 2 heterocycles. The van der Waals surface area contributed by atoms with Crippen molar-refractivity contribution in [3.8, 4) is 17.3 Å². The highest BCUT2D eigenvalue weighted by molar-refractivity contribution is 6.26. The number of pyridine rings is 1. The fraction of sp³-hybridized carbons (Fsp3) is 0.100. The van der Waals surface area contributed by atoms with Crippen LogP contribution in [0.15, 0.2) is 35.2 Å². The number of halogens is 1. The fourth-order valence-electron chi connectivity index (χ4n) is 1.08. The van der Waals surface area contributed by atoms with Gasteiger partial charge in [0.05, 0.1) is 12.4 Å². The second-order valence-electron chi connectivity index (χ2n) is 2.82. The lowest BCUT2D eigenvalue weighted by Crippen LogP contribution is -2.09. The molecule has 2 rings (SSSR count). The van der Waals surface area contributed by atoms with Gasteiger partial charge in [0.2, 0.25) is 11.5 Å². The van der Waals surface area contributed by atoms with Gasteiger partial charge in [-0.15, -0.1) is 0 Å². The maximum Gasteiger partial charge on any atom is 0.244 e. The SMILES string of the molecule is O=CC(Cl)Oc1ccc(-c2ncco2)nc1. The topological polar surface area (TPSA) is 65.2 Å². The number of ether oxygens (including phenoxy) is 1. The van der Waals surface area contributed by atoms with Crippen LogP contribution in [0.3, 0.4) is 0 Å². The summed E-state index contributed by atoms with van der Waals surface area (Å²) in [6.07, 6.45) is 4.92. The molecule has 0 aliphatic carbocycles. The lowest BCUT2D eigenvalue weighted by atomic mass is 10.3. The van der Waals surface area contributed by atoms with E-state index in [1.54, 1.807) is 12.1 Å². The highest BCUT2D eigenvalue weighted by Gasteiger charge is 2.06. The van der Waals surface area contributed by atoms with Crippen molar-refractivity contribution >= 4 is 17.9 Å². The Hall–Kier alpha value is -1.88. The highest BCUT2D eigenvalue weighted by atomic mass is 35.5. The lowest BCUT2D eigenvalue weighted by molar-refractivity contribution is -0.110. The van der Waals surface area contributed by atoms with Crippen molar-refractivity contribution in [3.63, 3.8) is 0 Å². The zero-order chi connectivity index (χ0) is 11.4. The third-order valence-corrected chi connectivity index (χ3v) is 1.94. The quantitative estimate of drug-likeness (QED) is 0.601. The summed E-state index contributed by atoms with van der Waals surface area (Å²) in [5.41, 5.74) is -0.427. The first kappa shape index (κ1) is 10.6. The molecule has 0 saturated carbocycles. The second kappa shape index (κ2) is 4.76. The van der Waals surface area contributed by atoms with E-state index >= 15 is 0 Å². The van der Waals surface area contributed by atoms with E-state index < -0.39 is 5.56 Å². The summed E-state index contributed by atoms with van der Waals surface area (Å²) in [4.78, 5) is 18.3. The molecule has 0 aliphatic heterocycles. The van der Waals surface area contributed by atoms with Crippen LogP contribution in [-0.2, 0) is 4.79 Å². The number of carbonyl (C=O) groups is 1. The summed E-state index contributed by atoms with van der Waals surface area (Å²) < 4.78 is 10.1. The van der Waals surface area contributed by atoms with Gasteiger partial charge in [0.15, 0.2) is 6.29 Å². The average Bonchev–Trinajstić information content (AvgIpc) is 2.83. The van der Waals surface area contributed by atoms with Gasteiger partial charge in [0, 0.05) is 0 Å². The molecule has 1 unspecified atom stereocenters. The molecule has 5 nitrogen and oxygen atoms in total. The molecule has 0 bridgehead atoms. The number of aromatic nitrogens is 2. The molecular weight excluding hydrogens is 232 g/mol. The summed E-state index contributed by atoms with van der Waals surface area (Å²) in [7, 11) is 0. The molecule has 0 N–H and O–H groups in total. The van der Waals surface area contributed by atoms with E-state index in [0.717, 1.165) is 0 Å². The smallest absolute Gasteiger partial charge is 0.244 e. The maximum absolute atomic E-state index is 10.3. The molecule has 0 radical (unpaired) electrons. The van der Waals surface area contributed by atoms with Crippen LogP contribution in [0.25, 0.3) is 11.6 Å². The molecule has 0 aliphatic rings. The van der Waals surface area contributed by atoms with Crippen molar-refractivity contribution in [1.29, 1.82) is 0 Å². The van der Waals surface area contributed by atoms with Gasteiger partial charge in [0.1, 0.15) is 17.7 Å². The van der Waals surface area contributed by atoms with Crippen molar-refractivity contribution in [2.24, 2.45) is 0 Å². The summed E-state index contributed by atoms with van der Waals surface area (Å²) in [5.74, 6) is 0.826. The maximum atomic E-state index is 10.3. The van der Waals surface area contributed by atoms with Crippen LogP contribution >= 0.6 is 11.6 Å². The van der Waals surface area contributed by atoms with E-state index in [1.807, 2.05) is 0 Å². The summed E-state index contributed by atoms with van der Waals surface area (Å²) in [6.45, 7) is 0. The van der Waals surface area contributed by atoms with E-state index in [-0.39, 0.29) is 0 Å². The molecule has 0 amide bonds. The summed E-state index contributed by atoms with van der Waals surface area (Å²) in [5, 5.41) is 0. The van der Waals surface area contributed by atoms with Gasteiger partial charge in [-0.2, -0.15) is 0 Å². The van der Waals surface area contributed by atoms with Crippen LogP contribution < -0.4 is 4.74 Å². The molecular formula is C10H7ClN2O3. The van der Waals surface area contributed by atoms with E-state index in [2.05, 4.69) is 9.97 Å². The number of aldehydes is 1. The van der Waals surface area contributed by atoms with Crippen molar-refractivity contribution in [1.82, 2.24) is 9.97 Å². The standard InChI is InChI=1S/C10H7ClN2O3/c11-9(6-14)16-7-1-2-8(13-5-7)10-12-3-4-15-10/h1-6,9H. The van der Waals surface area contributed by atoms with Crippen LogP contribution in [0, 0.1) is 0 Å². The Balaban J connectivity index is 2.14. The van der Waals surface area contributed by atoms with Gasteiger partial charge >= 0.3 is 0 Å². The third kappa shape index (κ3) is 2.38. The number of oxazole rings is 1. The molecule has 6 heteroatoms. The summed E-state index contributed by atoms with van der Waals surface area (Å²) >= 11 is 5.49. The lowest BCUT2D eigenvalue weighted by Gasteiger charge is -2.05. The molecule has 0 aromatic carbocycles. The fourth-order valence-corrected chi connectivity index (χ4v) is 1.19. The van der Waals surface area contributed by atoms with Gasteiger partial charge in [-0.3, -0.25) is 4.79 Å². The summed E-state index contributed by atoms with van der Waals surface area (Å²) in [6, 6.07) is 3.29. The Kier molecular flexibility index (Phi) is 3.16. The Bertz CT molecular complexity index is 455. The number of hydrogen-bond acceptors (Lipinski definition) is 5. The number of carbonyl (C=O) groups excluding carboxylic acids is 1. The number of nitrogens with zero attached hydrogens (tertiary/aromatic N) is 2. The molecule has 0 spiro atoms. The van der Waals surface area contributed by atoms with Crippen molar-refractivity contribution in [3.05, 3.63) is 30.8 Å². The Morgan fingerprint density at radius 3 is 2.88 bits per heavy atom. The minimum atomic E-state index is -1.01. The average molecular weight is 239 g/mol. The number of alkyl halides is 1. The third-order valence-electron chi connectivity index (χ3n) is 1.74. The minimum Gasteiger partial charge on any atom is -0.466 e. The Labute approximate surface area is 96.0 Å². The molecule has 2 aromatic heterocycles. The Morgan fingerprint density at radius 1 is 1.44 bits per heavy atom. The van der Waals surface area contributed by atoms with E-state index in [9.17, 15) is 4.79 Å². The molecule has 16 heavy (non-hydrogen) atoms. The zero-order valence-electron chi connectivity index (χ0n) is 8.04. The predicted molar refractivity (Wildman–Crippen MR) is 56.1 cm³/mol. The van der Waals surface area contributed by atoms with E-state index in [0.29, 0.717) is 23.6 Å². The van der Waals surface area contributed by atoms with Gasteiger partial charge in [0.25, 0.3) is 0 Å². The molecule has 0 fully saturated rings. The minimum absolute atomic E-state index is 0.405. The van der Waals surface area contributed by atoms with Crippen LogP contribution in [0.5, 0.6) is 5.75 Å². The number of hydrogen-bond donors (Lipinski definition) is 0. The molecule has 2 aromatic rings. The van der Waals surface area contributed by atoms with Gasteiger partial charge in [-0.05, 0) is 12.1 Å². The Morgan fingerprint density at radius 2 is 2.31 bits per heavy atom. The first-order chi connectivity index (χ1) is 7.79. The van der Waals surface area contributed by atoms with Crippen LogP contribution in [-0.4, -0.2) is 21.8 Å². The molecule has 82 valence electrons. The van der Waals surface area contributed by atoms with Crippen LogP contribution in [0.4, 0.5) is 0 Å². The normalized spacial score (nSPS) is 12.1. The highest BCUT2D eigenvalue weighted by Crippen LogP contribution is 2.18. The molecule has 0 saturated heterocycles. The van der Waals surface area contributed by atoms with Crippen molar-refractivity contribution in [2.75, 3.05) is 0 Å². The first-order valence-corrected chi connectivity index (χ1v) is 4.85. The van der Waals surface area contributed by atoms with Crippen molar-refractivity contribution < 1.29 is 13.9 Å². The monoisotopic (exact) mass is 238 g/mol. The zero-order valence-corrected chi connectivity index (χ0v) is 8.79. The first-order valence-electron chi connectivity index (χ1n) is 4.41. The van der Waals surface area contributed by atoms with Gasteiger partial charge < -0.3 is 9.15 Å². The largest absolute Gasteiger partial charge is 0.466 e. The molecule has 1 atom stereocenters. The van der Waals surface area contributed by atoms with Gasteiger partial charge in [-0.1, -0.05) is 11.6 Å². The van der Waals surface area contributed by atoms with E-state index in [1.165, 1.54) is 18.7 Å². The van der Waals surface area contributed by atoms with Crippen LogP contribution in [0.2, 0.25) is 0 Å². The predicted octanol–water partition coefficient (Wildman–Crippen LogP) is 1.88. The van der Waals surface area contributed by atoms with Gasteiger partial charge in [-0.25, -0.2) is 9.97 Å². The number of rotatable bonds is 4.